The molecule has 0 saturated carbocycles. The van der Waals surface area contributed by atoms with Gasteiger partial charge < -0.3 is 4.84 Å². The molecule has 2 aliphatic rings. The van der Waals surface area contributed by atoms with Crippen molar-refractivity contribution in [3.05, 3.63) is 22.4 Å². The van der Waals surface area contributed by atoms with Crippen LogP contribution < -0.4 is 0 Å². The lowest BCUT2D eigenvalue weighted by molar-refractivity contribution is 0.130. The molecule has 2 fully saturated rings. The average Bonchev–Trinajstić information content (AvgIpc) is 2.93. The second-order valence-electron chi connectivity index (χ2n) is 4.16. The number of hydrogen-bond acceptors (Lipinski definition) is 4. The maximum absolute atomic E-state index is 5.39. The molecule has 0 amide bonds. The van der Waals surface area contributed by atoms with Gasteiger partial charge in [-0.3, -0.25) is 4.90 Å². The lowest BCUT2D eigenvalue weighted by Crippen LogP contribution is -2.23. The van der Waals surface area contributed by atoms with Gasteiger partial charge in [-0.1, -0.05) is 11.2 Å². The highest BCUT2D eigenvalue weighted by Crippen LogP contribution is 2.25. The fraction of sp³-hybridized carbons (Fsp3) is 0.545. The number of oxime groups is 1. The number of hydrogen-bond donors (Lipinski definition) is 0. The van der Waals surface area contributed by atoms with Crippen LogP contribution >= 0.6 is 23.7 Å². The molecule has 0 aliphatic carbocycles. The summed E-state index contributed by atoms with van der Waals surface area (Å²) in [6.45, 7) is 4.08. The van der Waals surface area contributed by atoms with Crippen LogP contribution in [-0.4, -0.2) is 30.2 Å². The Morgan fingerprint density at radius 1 is 1.56 bits per heavy atom. The predicted octanol–water partition coefficient (Wildman–Crippen LogP) is 2.38. The quantitative estimate of drug-likeness (QED) is 0.778. The molecule has 0 N–H and O–H groups in total. The van der Waals surface area contributed by atoms with E-state index in [9.17, 15) is 0 Å². The van der Waals surface area contributed by atoms with Crippen LogP contribution in [-0.2, 0) is 11.4 Å². The van der Waals surface area contributed by atoms with Crippen molar-refractivity contribution in [2.45, 2.75) is 13.0 Å². The summed E-state index contributed by atoms with van der Waals surface area (Å²) in [4.78, 5) is 9.07. The largest absolute Gasteiger partial charge is 0.390 e. The fourth-order valence-electron chi connectivity index (χ4n) is 2.28. The molecule has 2 bridgehead atoms. The third-order valence-corrected chi connectivity index (χ3v) is 3.95. The van der Waals surface area contributed by atoms with E-state index in [0.717, 1.165) is 6.54 Å². The first-order valence-electron chi connectivity index (χ1n) is 5.35. The topological polar surface area (TPSA) is 24.8 Å². The van der Waals surface area contributed by atoms with Crippen LogP contribution in [0, 0.1) is 5.92 Å². The Kier molecular flexibility index (Phi) is 3.84. The molecular formula is C11H15ClN2OS. The van der Waals surface area contributed by atoms with E-state index in [4.69, 9.17) is 4.84 Å². The summed E-state index contributed by atoms with van der Waals surface area (Å²) in [5, 5.41) is 6.33. The Labute approximate surface area is 105 Å². The Hall–Kier alpha value is -0.580. The average molecular weight is 259 g/mol. The molecule has 1 aromatic heterocycles. The molecule has 0 radical (unpaired) electrons. The highest BCUT2D eigenvalue weighted by Gasteiger charge is 2.35. The third-order valence-electron chi connectivity index (χ3n) is 3.10. The van der Waals surface area contributed by atoms with E-state index in [1.807, 2.05) is 6.07 Å². The molecule has 3 rings (SSSR count). The first-order valence-corrected chi connectivity index (χ1v) is 6.23. The van der Waals surface area contributed by atoms with Gasteiger partial charge in [0, 0.05) is 23.9 Å². The molecule has 0 spiro atoms. The Bertz CT molecular complexity index is 366. The Balaban J connectivity index is 0.000000963. The van der Waals surface area contributed by atoms with Gasteiger partial charge in [0.05, 0.1) is 5.71 Å². The first kappa shape index (κ1) is 11.9. The zero-order valence-corrected chi connectivity index (χ0v) is 10.6. The number of rotatable bonds is 3. The number of piperidine rings is 1. The number of halogens is 1. The summed E-state index contributed by atoms with van der Waals surface area (Å²) in [6, 6.07) is 4.12. The summed E-state index contributed by atoms with van der Waals surface area (Å²) in [5.74, 6) is 0.674. The van der Waals surface area contributed by atoms with Gasteiger partial charge in [-0.05, 0) is 24.4 Å². The number of fused-ring (bicyclic) bond motifs is 2. The normalized spacial score (nSPS) is 29.4. The molecule has 1 aromatic rings. The minimum Gasteiger partial charge on any atom is -0.390 e. The minimum atomic E-state index is 0. The van der Waals surface area contributed by atoms with Crippen LogP contribution in [0.3, 0.4) is 0 Å². The van der Waals surface area contributed by atoms with Gasteiger partial charge >= 0.3 is 0 Å². The molecule has 2 aliphatic heterocycles. The van der Waals surface area contributed by atoms with E-state index in [1.165, 1.54) is 30.1 Å². The van der Waals surface area contributed by atoms with E-state index in [1.54, 1.807) is 11.3 Å². The van der Waals surface area contributed by atoms with Crippen molar-refractivity contribution >= 4 is 29.5 Å². The smallest absolute Gasteiger partial charge is 0.151 e. The molecule has 3 nitrogen and oxygen atoms in total. The lowest BCUT2D eigenvalue weighted by Gasteiger charge is -2.12. The van der Waals surface area contributed by atoms with Crippen molar-refractivity contribution in [1.82, 2.24) is 4.90 Å². The first-order chi connectivity index (χ1) is 7.42. The summed E-state index contributed by atoms with van der Waals surface area (Å²) in [6.07, 6.45) is 1.27. The highest BCUT2D eigenvalue weighted by molar-refractivity contribution is 7.09. The maximum Gasteiger partial charge on any atom is 0.151 e. The van der Waals surface area contributed by atoms with Crippen LogP contribution in [0.1, 0.15) is 11.3 Å². The zero-order chi connectivity index (χ0) is 10.1. The van der Waals surface area contributed by atoms with Gasteiger partial charge in [0.15, 0.2) is 6.61 Å². The van der Waals surface area contributed by atoms with Crippen LogP contribution in [0.2, 0.25) is 0 Å². The van der Waals surface area contributed by atoms with Gasteiger partial charge in [0.25, 0.3) is 0 Å². The van der Waals surface area contributed by atoms with Crippen molar-refractivity contribution in [3.8, 4) is 0 Å². The van der Waals surface area contributed by atoms with Crippen molar-refractivity contribution in [3.63, 3.8) is 0 Å². The standard InChI is InChI=1S/C11H14N2OS.ClH/c1-2-10(15-5-1)8-14-12-11-7-13-4-3-9(11)6-13;/h1-2,5,9H,3-4,6-8H2;1H. The van der Waals surface area contributed by atoms with E-state index in [-0.39, 0.29) is 12.4 Å². The molecule has 2 atom stereocenters. The van der Waals surface area contributed by atoms with Crippen LogP contribution in [0.15, 0.2) is 22.7 Å². The summed E-state index contributed by atoms with van der Waals surface area (Å²) < 4.78 is 0. The van der Waals surface area contributed by atoms with Crippen LogP contribution in [0.25, 0.3) is 0 Å². The van der Waals surface area contributed by atoms with E-state index >= 15 is 0 Å². The number of thiophene rings is 1. The lowest BCUT2D eigenvalue weighted by atomic mass is 10.0. The Morgan fingerprint density at radius 3 is 3.12 bits per heavy atom. The number of nitrogens with zero attached hydrogens (tertiary/aromatic N) is 2. The summed E-state index contributed by atoms with van der Waals surface area (Å²) in [5.41, 5.74) is 1.25. The SMILES string of the molecule is Cl.c1csc(CON=C2CN3CCC2C3)c1. The second kappa shape index (κ2) is 5.17. The fourth-order valence-corrected chi connectivity index (χ4v) is 2.89. The molecule has 88 valence electrons. The molecule has 3 heterocycles. The van der Waals surface area contributed by atoms with Gasteiger partial charge in [0.1, 0.15) is 0 Å². The van der Waals surface area contributed by atoms with Gasteiger partial charge in [-0.2, -0.15) is 0 Å². The van der Waals surface area contributed by atoms with Crippen LogP contribution in [0.5, 0.6) is 0 Å². The van der Waals surface area contributed by atoms with E-state index in [0.29, 0.717) is 12.5 Å². The zero-order valence-electron chi connectivity index (χ0n) is 8.96. The van der Waals surface area contributed by atoms with Crippen molar-refractivity contribution in [2.75, 3.05) is 19.6 Å². The van der Waals surface area contributed by atoms with Gasteiger partial charge in [0.2, 0.25) is 0 Å². The third kappa shape index (κ3) is 2.39. The van der Waals surface area contributed by atoms with Crippen molar-refractivity contribution in [2.24, 2.45) is 11.1 Å². The minimum absolute atomic E-state index is 0. The van der Waals surface area contributed by atoms with E-state index < -0.39 is 0 Å². The second-order valence-corrected chi connectivity index (χ2v) is 5.19. The summed E-state index contributed by atoms with van der Waals surface area (Å²) in [7, 11) is 0. The van der Waals surface area contributed by atoms with E-state index in [2.05, 4.69) is 21.5 Å². The van der Waals surface area contributed by atoms with Gasteiger partial charge in [-0.25, -0.2) is 0 Å². The molecule has 2 unspecified atom stereocenters. The molecule has 0 aromatic carbocycles. The predicted molar refractivity (Wildman–Crippen MR) is 68.3 cm³/mol. The monoisotopic (exact) mass is 258 g/mol. The molecule has 16 heavy (non-hydrogen) atoms. The summed E-state index contributed by atoms with van der Waals surface area (Å²) >= 11 is 1.72. The van der Waals surface area contributed by atoms with Crippen molar-refractivity contribution in [1.29, 1.82) is 0 Å². The highest BCUT2D eigenvalue weighted by atomic mass is 35.5. The Morgan fingerprint density at radius 2 is 2.50 bits per heavy atom. The van der Waals surface area contributed by atoms with Crippen LogP contribution in [0.4, 0.5) is 0 Å². The maximum atomic E-state index is 5.39. The molecular weight excluding hydrogens is 244 g/mol. The van der Waals surface area contributed by atoms with Crippen molar-refractivity contribution < 1.29 is 4.84 Å². The molecule has 5 heteroatoms. The molecule has 2 saturated heterocycles. The van der Waals surface area contributed by atoms with Gasteiger partial charge in [-0.15, -0.1) is 23.7 Å².